The minimum atomic E-state index is -0.661. The predicted octanol–water partition coefficient (Wildman–Crippen LogP) is 4.02. The number of thiocarbonyl (C=S) groups is 1. The molecule has 4 rings (SSSR count). The van der Waals surface area contributed by atoms with Crippen LogP contribution in [0.25, 0.3) is 6.08 Å². The van der Waals surface area contributed by atoms with Gasteiger partial charge in [0.1, 0.15) is 28.6 Å². The van der Waals surface area contributed by atoms with Gasteiger partial charge in [-0.05, 0) is 66.8 Å². The van der Waals surface area contributed by atoms with E-state index in [9.17, 15) is 14.7 Å². The minimum Gasteiger partial charge on any atom is -0.507 e. The Morgan fingerprint density at radius 2 is 1.62 bits per heavy atom. The molecule has 0 radical (unpaired) electrons. The van der Waals surface area contributed by atoms with Crippen LogP contribution in [0.3, 0.4) is 0 Å². The van der Waals surface area contributed by atoms with Gasteiger partial charge in [-0.25, -0.2) is 0 Å². The molecule has 0 aromatic heterocycles. The molecule has 7 nitrogen and oxygen atoms in total. The highest BCUT2D eigenvalue weighted by atomic mass is 32.1. The Balaban J connectivity index is 1.64. The predicted molar refractivity (Wildman–Crippen MR) is 124 cm³/mol. The standard InChI is InChI=1S/C24H18N2O5S/c1-30-21-9-5-8-20(27)18(21)14-19-22(28)25-24(32)26(23(19)29)15-10-12-17(13-11-15)31-16-6-3-2-4-7-16/h2-14,27H,1H3,(H,25,28,32). The first kappa shape index (κ1) is 21.1. The maximum absolute atomic E-state index is 13.2. The van der Waals surface area contributed by atoms with Gasteiger partial charge < -0.3 is 14.6 Å². The number of para-hydroxylation sites is 1. The van der Waals surface area contributed by atoms with Crippen LogP contribution in [0.15, 0.2) is 78.4 Å². The van der Waals surface area contributed by atoms with E-state index in [1.54, 1.807) is 36.4 Å². The Morgan fingerprint density at radius 3 is 2.31 bits per heavy atom. The van der Waals surface area contributed by atoms with Crippen LogP contribution in [0, 0.1) is 0 Å². The number of hydrogen-bond acceptors (Lipinski definition) is 6. The van der Waals surface area contributed by atoms with E-state index in [-0.39, 0.29) is 22.0 Å². The van der Waals surface area contributed by atoms with Crippen LogP contribution in [0.1, 0.15) is 5.56 Å². The topological polar surface area (TPSA) is 88.1 Å². The van der Waals surface area contributed by atoms with Crippen molar-refractivity contribution in [2.75, 3.05) is 12.0 Å². The molecule has 32 heavy (non-hydrogen) atoms. The molecule has 0 saturated carbocycles. The number of amides is 2. The van der Waals surface area contributed by atoms with Crippen LogP contribution in [-0.2, 0) is 9.59 Å². The number of anilines is 1. The molecule has 1 fully saturated rings. The summed E-state index contributed by atoms with van der Waals surface area (Å²) in [6.45, 7) is 0. The van der Waals surface area contributed by atoms with Gasteiger partial charge in [0.05, 0.1) is 18.4 Å². The zero-order valence-corrected chi connectivity index (χ0v) is 17.8. The molecule has 1 aliphatic rings. The summed E-state index contributed by atoms with van der Waals surface area (Å²) >= 11 is 5.23. The highest BCUT2D eigenvalue weighted by Gasteiger charge is 2.35. The van der Waals surface area contributed by atoms with Gasteiger partial charge >= 0.3 is 0 Å². The van der Waals surface area contributed by atoms with Crippen molar-refractivity contribution < 1.29 is 24.2 Å². The zero-order valence-electron chi connectivity index (χ0n) is 16.9. The number of rotatable bonds is 5. The van der Waals surface area contributed by atoms with Crippen LogP contribution >= 0.6 is 12.2 Å². The van der Waals surface area contributed by atoms with Gasteiger partial charge in [0, 0.05) is 0 Å². The summed E-state index contributed by atoms with van der Waals surface area (Å²) < 4.78 is 11.0. The number of nitrogens with one attached hydrogen (secondary N) is 1. The van der Waals surface area contributed by atoms with Gasteiger partial charge in [0.15, 0.2) is 5.11 Å². The van der Waals surface area contributed by atoms with Crippen LogP contribution < -0.4 is 19.7 Å². The second-order valence-electron chi connectivity index (χ2n) is 6.76. The van der Waals surface area contributed by atoms with E-state index < -0.39 is 11.8 Å². The summed E-state index contributed by atoms with van der Waals surface area (Å²) in [5, 5.41) is 12.7. The highest BCUT2D eigenvalue weighted by Crippen LogP contribution is 2.32. The monoisotopic (exact) mass is 446 g/mol. The SMILES string of the molecule is COc1cccc(O)c1C=C1C(=O)NC(=S)N(c2ccc(Oc3ccccc3)cc2)C1=O. The van der Waals surface area contributed by atoms with Gasteiger partial charge in [-0.15, -0.1) is 0 Å². The number of phenols is 1. The molecule has 0 aliphatic carbocycles. The lowest BCUT2D eigenvalue weighted by molar-refractivity contribution is -0.122. The number of hydrogen-bond donors (Lipinski definition) is 2. The number of benzene rings is 3. The number of phenolic OH excluding ortho intramolecular Hbond substituents is 1. The summed E-state index contributed by atoms with van der Waals surface area (Å²) in [5.74, 6) is 0.166. The molecule has 2 amide bonds. The summed E-state index contributed by atoms with van der Waals surface area (Å²) in [6, 6.07) is 20.7. The third-order valence-electron chi connectivity index (χ3n) is 4.73. The molecule has 1 saturated heterocycles. The van der Waals surface area contributed by atoms with Gasteiger partial charge in [0.2, 0.25) is 0 Å². The van der Waals surface area contributed by atoms with E-state index in [1.807, 2.05) is 30.3 Å². The number of nitrogens with zero attached hydrogens (tertiary/aromatic N) is 1. The number of methoxy groups -OCH3 is 1. The van der Waals surface area contributed by atoms with E-state index in [1.165, 1.54) is 24.2 Å². The number of ether oxygens (including phenoxy) is 2. The fourth-order valence-electron chi connectivity index (χ4n) is 3.18. The molecule has 3 aromatic rings. The molecule has 1 heterocycles. The van der Waals surface area contributed by atoms with Crippen LogP contribution in [-0.4, -0.2) is 29.1 Å². The maximum atomic E-state index is 13.2. The van der Waals surface area contributed by atoms with Crippen molar-refractivity contribution in [1.82, 2.24) is 5.32 Å². The zero-order chi connectivity index (χ0) is 22.7. The van der Waals surface area contributed by atoms with Gasteiger partial charge in [-0.2, -0.15) is 0 Å². The fourth-order valence-corrected chi connectivity index (χ4v) is 3.46. The lowest BCUT2D eigenvalue weighted by Crippen LogP contribution is -2.54. The third-order valence-corrected chi connectivity index (χ3v) is 5.01. The molecule has 2 N–H and O–H groups in total. The molecular formula is C24H18N2O5S. The van der Waals surface area contributed by atoms with Gasteiger partial charge in [0.25, 0.3) is 11.8 Å². The molecule has 1 aliphatic heterocycles. The first-order valence-corrected chi connectivity index (χ1v) is 9.99. The quantitative estimate of drug-likeness (QED) is 0.350. The number of carbonyl (C=O) groups is 2. The van der Waals surface area contributed by atoms with Gasteiger partial charge in [-0.3, -0.25) is 19.8 Å². The van der Waals surface area contributed by atoms with E-state index in [2.05, 4.69) is 5.32 Å². The summed E-state index contributed by atoms with van der Waals surface area (Å²) in [4.78, 5) is 26.9. The second-order valence-corrected chi connectivity index (χ2v) is 7.15. The van der Waals surface area contributed by atoms with Crippen molar-refractivity contribution in [2.45, 2.75) is 0 Å². The normalized spacial score (nSPS) is 15.0. The van der Waals surface area contributed by atoms with Crippen molar-refractivity contribution in [2.24, 2.45) is 0 Å². The molecule has 8 heteroatoms. The Bertz CT molecular complexity index is 1220. The smallest absolute Gasteiger partial charge is 0.270 e. The second kappa shape index (κ2) is 8.91. The van der Waals surface area contributed by atoms with Crippen LogP contribution in [0.4, 0.5) is 5.69 Å². The van der Waals surface area contributed by atoms with Crippen LogP contribution in [0.2, 0.25) is 0 Å². The Labute approximate surface area is 189 Å². The maximum Gasteiger partial charge on any atom is 0.270 e. The van der Waals surface area contributed by atoms with Crippen molar-refractivity contribution >= 4 is 40.9 Å². The van der Waals surface area contributed by atoms with E-state index in [0.29, 0.717) is 22.9 Å². The van der Waals surface area contributed by atoms with Crippen LogP contribution in [0.5, 0.6) is 23.0 Å². The summed E-state index contributed by atoms with van der Waals surface area (Å²) in [5.41, 5.74) is 0.478. The third kappa shape index (κ3) is 4.17. The first-order chi connectivity index (χ1) is 15.5. The van der Waals surface area contributed by atoms with Crippen molar-refractivity contribution in [3.8, 4) is 23.0 Å². The van der Waals surface area contributed by atoms with Crippen molar-refractivity contribution in [3.05, 3.63) is 83.9 Å². The number of aromatic hydroxyl groups is 1. The van der Waals surface area contributed by atoms with E-state index in [4.69, 9.17) is 21.7 Å². The van der Waals surface area contributed by atoms with Gasteiger partial charge in [-0.1, -0.05) is 24.3 Å². The molecule has 0 spiro atoms. The Morgan fingerprint density at radius 1 is 0.938 bits per heavy atom. The lowest BCUT2D eigenvalue weighted by Gasteiger charge is -2.29. The van der Waals surface area contributed by atoms with E-state index >= 15 is 0 Å². The summed E-state index contributed by atoms with van der Waals surface area (Å²) in [7, 11) is 1.43. The molecule has 160 valence electrons. The molecule has 0 bridgehead atoms. The van der Waals surface area contributed by atoms with Crippen molar-refractivity contribution in [1.29, 1.82) is 0 Å². The lowest BCUT2D eigenvalue weighted by atomic mass is 10.1. The average molecular weight is 446 g/mol. The molecule has 0 unspecified atom stereocenters. The van der Waals surface area contributed by atoms with Crippen molar-refractivity contribution in [3.63, 3.8) is 0 Å². The minimum absolute atomic E-state index is 0.0434. The fraction of sp³-hybridized carbons (Fsp3) is 0.0417. The Kier molecular flexibility index (Phi) is 5.87. The average Bonchev–Trinajstić information content (AvgIpc) is 2.79. The Hall–Kier alpha value is -4.17. The highest BCUT2D eigenvalue weighted by molar-refractivity contribution is 7.80. The van der Waals surface area contributed by atoms with E-state index in [0.717, 1.165) is 0 Å². The summed E-state index contributed by atoms with van der Waals surface area (Å²) in [6.07, 6.45) is 1.29. The molecule has 3 aromatic carbocycles. The largest absolute Gasteiger partial charge is 0.507 e. The number of carbonyl (C=O) groups excluding carboxylic acids is 2. The first-order valence-electron chi connectivity index (χ1n) is 9.58. The molecule has 0 atom stereocenters. The molecular weight excluding hydrogens is 428 g/mol.